The second-order valence-electron chi connectivity index (χ2n) is 6.04. The molecule has 3 nitrogen and oxygen atoms in total. The third kappa shape index (κ3) is 1.72. The number of para-hydroxylation sites is 1. The zero-order valence-corrected chi connectivity index (χ0v) is 13.3. The minimum absolute atomic E-state index is 0.708. The lowest BCUT2D eigenvalue weighted by atomic mass is 10.0. The first-order chi connectivity index (χ1) is 11.8. The van der Waals surface area contributed by atoms with Crippen LogP contribution in [0.1, 0.15) is 5.56 Å². The number of aryl methyl sites for hydroxylation is 1. The van der Waals surface area contributed by atoms with E-state index in [-0.39, 0.29) is 0 Å². The summed E-state index contributed by atoms with van der Waals surface area (Å²) in [4.78, 5) is 9.02. The van der Waals surface area contributed by atoms with Gasteiger partial charge in [-0.05, 0) is 30.0 Å². The molecule has 3 aromatic carbocycles. The Bertz CT molecular complexity index is 1200. The molecular weight excluding hydrogens is 294 g/mol. The molecule has 114 valence electrons. The van der Waals surface area contributed by atoms with Crippen molar-refractivity contribution in [3.8, 4) is 5.95 Å². The van der Waals surface area contributed by atoms with E-state index in [9.17, 15) is 0 Å². The highest BCUT2D eigenvalue weighted by molar-refractivity contribution is 6.19. The maximum absolute atomic E-state index is 4.51. The highest BCUT2D eigenvalue weighted by Crippen LogP contribution is 2.37. The van der Waals surface area contributed by atoms with Gasteiger partial charge in [0.2, 0.25) is 5.95 Å². The van der Waals surface area contributed by atoms with Crippen LogP contribution in [-0.4, -0.2) is 14.5 Å². The minimum atomic E-state index is 0.708. The van der Waals surface area contributed by atoms with Crippen molar-refractivity contribution in [3.05, 3.63) is 78.6 Å². The monoisotopic (exact) mass is 309 g/mol. The molecule has 0 aliphatic carbocycles. The van der Waals surface area contributed by atoms with Crippen molar-refractivity contribution in [2.45, 2.75) is 6.92 Å². The van der Waals surface area contributed by atoms with Gasteiger partial charge in [0.05, 0.1) is 11.0 Å². The van der Waals surface area contributed by atoms with E-state index in [1.807, 2.05) is 6.07 Å². The van der Waals surface area contributed by atoms with E-state index in [4.69, 9.17) is 0 Å². The first kappa shape index (κ1) is 13.3. The Balaban J connectivity index is 2.13. The van der Waals surface area contributed by atoms with Crippen molar-refractivity contribution in [1.82, 2.24) is 14.5 Å². The molecule has 0 amide bonds. The molecule has 0 N–H and O–H groups in total. The van der Waals surface area contributed by atoms with Crippen LogP contribution in [0.3, 0.4) is 0 Å². The molecule has 0 radical (unpaired) electrons. The van der Waals surface area contributed by atoms with E-state index < -0.39 is 0 Å². The molecule has 0 fully saturated rings. The molecule has 3 heteroatoms. The third-order valence-electron chi connectivity index (χ3n) is 4.61. The fraction of sp³-hybridized carbons (Fsp3) is 0.0476. The first-order valence-corrected chi connectivity index (χ1v) is 8.03. The van der Waals surface area contributed by atoms with Gasteiger partial charge in [-0.2, -0.15) is 0 Å². The summed E-state index contributed by atoms with van der Waals surface area (Å²) in [6.45, 7) is 2.18. The summed E-state index contributed by atoms with van der Waals surface area (Å²) >= 11 is 0. The Hall–Kier alpha value is -3.20. The van der Waals surface area contributed by atoms with Crippen molar-refractivity contribution in [2.75, 3.05) is 0 Å². The lowest BCUT2D eigenvalue weighted by Crippen LogP contribution is -2.00. The summed E-state index contributed by atoms with van der Waals surface area (Å²) in [5.41, 5.74) is 3.59. The molecule has 5 rings (SSSR count). The summed E-state index contributed by atoms with van der Waals surface area (Å²) in [7, 11) is 0. The van der Waals surface area contributed by atoms with E-state index in [2.05, 4.69) is 76.1 Å². The zero-order valence-electron chi connectivity index (χ0n) is 13.3. The molecule has 2 heterocycles. The predicted octanol–water partition coefficient (Wildman–Crippen LogP) is 5.04. The maximum Gasteiger partial charge on any atom is 0.234 e. The van der Waals surface area contributed by atoms with Crippen molar-refractivity contribution in [2.24, 2.45) is 0 Å². The molecule has 0 spiro atoms. The lowest BCUT2D eigenvalue weighted by Gasteiger charge is -2.08. The van der Waals surface area contributed by atoms with Gasteiger partial charge in [-0.1, -0.05) is 48.5 Å². The normalized spacial score (nSPS) is 11.5. The quantitative estimate of drug-likeness (QED) is 0.434. The molecule has 2 aromatic heterocycles. The van der Waals surface area contributed by atoms with Crippen LogP contribution in [0.2, 0.25) is 0 Å². The van der Waals surface area contributed by atoms with Crippen LogP contribution in [0.5, 0.6) is 0 Å². The van der Waals surface area contributed by atoms with Crippen LogP contribution in [0.25, 0.3) is 38.5 Å². The van der Waals surface area contributed by atoms with Crippen LogP contribution in [0, 0.1) is 6.92 Å². The molecule has 0 aliphatic rings. The highest BCUT2D eigenvalue weighted by atomic mass is 15.1. The summed E-state index contributed by atoms with van der Waals surface area (Å²) in [6, 6.07) is 21.1. The first-order valence-electron chi connectivity index (χ1n) is 8.03. The number of nitrogens with zero attached hydrogens (tertiary/aromatic N) is 3. The van der Waals surface area contributed by atoms with E-state index in [0.29, 0.717) is 5.95 Å². The molecule has 0 saturated carbocycles. The Labute approximate surface area is 139 Å². The average molecular weight is 309 g/mol. The SMILES string of the molecule is Cc1cc2ccccc2c2c1c1ccccc1n2-c1ncccn1. The second kappa shape index (κ2) is 4.90. The van der Waals surface area contributed by atoms with E-state index in [0.717, 1.165) is 5.52 Å². The van der Waals surface area contributed by atoms with Crippen molar-refractivity contribution < 1.29 is 0 Å². The van der Waals surface area contributed by atoms with Crippen LogP contribution in [-0.2, 0) is 0 Å². The van der Waals surface area contributed by atoms with E-state index >= 15 is 0 Å². The van der Waals surface area contributed by atoms with Gasteiger partial charge < -0.3 is 0 Å². The second-order valence-corrected chi connectivity index (χ2v) is 6.04. The average Bonchev–Trinajstić information content (AvgIpc) is 2.98. The van der Waals surface area contributed by atoms with Gasteiger partial charge in [0.25, 0.3) is 0 Å². The largest absolute Gasteiger partial charge is 0.277 e. The summed E-state index contributed by atoms with van der Waals surface area (Å²) < 4.78 is 2.18. The van der Waals surface area contributed by atoms with Crippen molar-refractivity contribution in [1.29, 1.82) is 0 Å². The molecule has 24 heavy (non-hydrogen) atoms. The summed E-state index contributed by atoms with van der Waals surface area (Å²) in [5.74, 6) is 0.708. The van der Waals surface area contributed by atoms with Crippen molar-refractivity contribution >= 4 is 32.6 Å². The Morgan fingerprint density at radius 2 is 1.50 bits per heavy atom. The molecule has 5 aromatic rings. The number of rotatable bonds is 1. The summed E-state index contributed by atoms with van der Waals surface area (Å²) in [6.07, 6.45) is 3.59. The Kier molecular flexibility index (Phi) is 2.71. The Morgan fingerprint density at radius 3 is 2.33 bits per heavy atom. The van der Waals surface area contributed by atoms with Gasteiger partial charge in [-0.15, -0.1) is 0 Å². The summed E-state index contributed by atoms with van der Waals surface area (Å²) in [5, 5.41) is 4.98. The number of benzene rings is 3. The molecular formula is C21H15N3. The fourth-order valence-electron chi connectivity index (χ4n) is 3.65. The fourth-order valence-corrected chi connectivity index (χ4v) is 3.65. The van der Waals surface area contributed by atoms with Crippen LogP contribution >= 0.6 is 0 Å². The molecule has 0 atom stereocenters. The third-order valence-corrected chi connectivity index (χ3v) is 4.61. The highest BCUT2D eigenvalue weighted by Gasteiger charge is 2.17. The van der Waals surface area contributed by atoms with Gasteiger partial charge in [0.1, 0.15) is 0 Å². The number of aromatic nitrogens is 3. The minimum Gasteiger partial charge on any atom is -0.277 e. The number of hydrogen-bond donors (Lipinski definition) is 0. The number of fused-ring (bicyclic) bond motifs is 5. The molecule has 0 aliphatic heterocycles. The van der Waals surface area contributed by atoms with Gasteiger partial charge in [0, 0.05) is 28.6 Å². The van der Waals surface area contributed by atoms with Gasteiger partial charge in [-0.25, -0.2) is 9.97 Å². The smallest absolute Gasteiger partial charge is 0.234 e. The van der Waals surface area contributed by atoms with E-state index in [1.165, 1.54) is 32.6 Å². The maximum atomic E-state index is 4.51. The van der Waals surface area contributed by atoms with Gasteiger partial charge in [0.15, 0.2) is 0 Å². The van der Waals surface area contributed by atoms with Gasteiger partial charge >= 0.3 is 0 Å². The zero-order chi connectivity index (χ0) is 16.1. The van der Waals surface area contributed by atoms with Crippen LogP contribution in [0.4, 0.5) is 0 Å². The lowest BCUT2D eigenvalue weighted by molar-refractivity contribution is 0.990. The van der Waals surface area contributed by atoms with Crippen molar-refractivity contribution in [3.63, 3.8) is 0 Å². The topological polar surface area (TPSA) is 30.7 Å². The molecule has 0 bridgehead atoms. The predicted molar refractivity (Wildman–Crippen MR) is 98.6 cm³/mol. The van der Waals surface area contributed by atoms with Crippen LogP contribution < -0.4 is 0 Å². The van der Waals surface area contributed by atoms with Gasteiger partial charge in [-0.3, -0.25) is 4.57 Å². The standard InChI is InChI=1S/C21H15N3/c1-14-13-15-7-2-3-8-16(15)20-19(14)17-9-4-5-10-18(17)24(20)21-22-11-6-12-23-21/h2-13H,1H3. The van der Waals surface area contributed by atoms with Crippen LogP contribution in [0.15, 0.2) is 73.1 Å². The number of hydrogen-bond acceptors (Lipinski definition) is 2. The molecule has 0 unspecified atom stereocenters. The molecule has 0 saturated heterocycles. The Morgan fingerprint density at radius 1 is 0.792 bits per heavy atom. The van der Waals surface area contributed by atoms with E-state index in [1.54, 1.807) is 12.4 Å².